The van der Waals surface area contributed by atoms with Crippen molar-refractivity contribution in [3.05, 3.63) is 18.2 Å². The normalized spacial score (nSPS) is 10.8. The maximum Gasteiger partial charge on any atom is 0.183 e. The van der Waals surface area contributed by atoms with Crippen molar-refractivity contribution >= 4 is 26.7 Å². The number of nitrogens with zero attached hydrogens (tertiary/aromatic N) is 1. The second-order valence-electron chi connectivity index (χ2n) is 4.23. The predicted octanol–water partition coefficient (Wildman–Crippen LogP) is 4.30. The van der Waals surface area contributed by atoms with Crippen LogP contribution in [0.15, 0.2) is 18.2 Å². The van der Waals surface area contributed by atoms with Crippen molar-refractivity contribution in [2.75, 3.05) is 18.5 Å². The molecule has 2 rings (SSSR count). The average Bonchev–Trinajstić information content (AvgIpc) is 2.76. The Bertz CT molecular complexity index is 495. The van der Waals surface area contributed by atoms with E-state index in [0.29, 0.717) is 0 Å². The number of ether oxygens (including phenoxy) is 1. The van der Waals surface area contributed by atoms with Crippen molar-refractivity contribution in [2.24, 2.45) is 0 Å². The number of nitrogens with one attached hydrogen (secondary N) is 1. The molecule has 0 saturated heterocycles. The van der Waals surface area contributed by atoms with E-state index in [1.54, 1.807) is 11.3 Å². The van der Waals surface area contributed by atoms with Gasteiger partial charge in [0.05, 0.1) is 16.8 Å². The standard InChI is InChI=1S/C14H20N2OS/c1-3-5-6-9-17-11-7-8-12-13(10-11)18-14(16-12)15-4-2/h7-8,10H,3-6,9H2,1-2H3,(H,15,16). The van der Waals surface area contributed by atoms with Crippen LogP contribution in [0.3, 0.4) is 0 Å². The Hall–Kier alpha value is -1.29. The van der Waals surface area contributed by atoms with Crippen molar-refractivity contribution in [2.45, 2.75) is 33.1 Å². The first-order valence-corrected chi connectivity index (χ1v) is 7.42. The molecule has 0 aliphatic heterocycles. The molecule has 1 N–H and O–H groups in total. The fraction of sp³-hybridized carbons (Fsp3) is 0.500. The molecule has 0 bridgehead atoms. The Labute approximate surface area is 112 Å². The zero-order valence-electron chi connectivity index (χ0n) is 11.0. The lowest BCUT2D eigenvalue weighted by Crippen LogP contribution is -1.96. The van der Waals surface area contributed by atoms with Gasteiger partial charge in [-0.25, -0.2) is 4.98 Å². The van der Waals surface area contributed by atoms with Crippen LogP contribution in [0, 0.1) is 0 Å². The summed E-state index contributed by atoms with van der Waals surface area (Å²) in [5.41, 5.74) is 1.04. The summed E-state index contributed by atoms with van der Waals surface area (Å²) in [5, 5.41) is 4.22. The molecule has 0 unspecified atom stereocenters. The van der Waals surface area contributed by atoms with Crippen molar-refractivity contribution in [1.29, 1.82) is 0 Å². The highest BCUT2D eigenvalue weighted by Crippen LogP contribution is 2.29. The lowest BCUT2D eigenvalue weighted by molar-refractivity contribution is 0.306. The van der Waals surface area contributed by atoms with Gasteiger partial charge in [0.15, 0.2) is 5.13 Å². The minimum Gasteiger partial charge on any atom is -0.494 e. The van der Waals surface area contributed by atoms with Crippen molar-refractivity contribution in [3.63, 3.8) is 0 Å². The molecule has 1 heterocycles. The van der Waals surface area contributed by atoms with Gasteiger partial charge >= 0.3 is 0 Å². The van der Waals surface area contributed by atoms with Crippen LogP contribution in [-0.4, -0.2) is 18.1 Å². The molecule has 0 aliphatic rings. The topological polar surface area (TPSA) is 34.1 Å². The summed E-state index contributed by atoms with van der Waals surface area (Å²) in [6, 6.07) is 6.12. The monoisotopic (exact) mass is 264 g/mol. The van der Waals surface area contributed by atoms with Gasteiger partial charge in [0.1, 0.15) is 5.75 Å². The van der Waals surface area contributed by atoms with E-state index in [4.69, 9.17) is 4.74 Å². The molecule has 18 heavy (non-hydrogen) atoms. The van der Waals surface area contributed by atoms with E-state index in [0.717, 1.165) is 36.0 Å². The summed E-state index contributed by atoms with van der Waals surface area (Å²) >= 11 is 1.68. The fourth-order valence-electron chi connectivity index (χ4n) is 1.76. The highest BCUT2D eigenvalue weighted by Gasteiger charge is 2.04. The van der Waals surface area contributed by atoms with Crippen LogP contribution in [0.4, 0.5) is 5.13 Å². The predicted molar refractivity (Wildman–Crippen MR) is 78.8 cm³/mol. The van der Waals surface area contributed by atoms with Gasteiger partial charge < -0.3 is 10.1 Å². The molecule has 3 nitrogen and oxygen atoms in total. The number of hydrogen-bond donors (Lipinski definition) is 1. The minimum atomic E-state index is 0.804. The van der Waals surface area contributed by atoms with E-state index in [2.05, 4.69) is 30.2 Å². The Morgan fingerprint density at radius 1 is 1.28 bits per heavy atom. The Morgan fingerprint density at radius 3 is 2.94 bits per heavy atom. The summed E-state index contributed by atoms with van der Waals surface area (Å²) in [6.07, 6.45) is 3.58. The highest BCUT2D eigenvalue weighted by molar-refractivity contribution is 7.22. The molecular formula is C14H20N2OS. The number of unbranched alkanes of at least 4 members (excludes halogenated alkanes) is 2. The smallest absolute Gasteiger partial charge is 0.183 e. The van der Waals surface area contributed by atoms with Crippen LogP contribution in [-0.2, 0) is 0 Å². The van der Waals surface area contributed by atoms with Crippen LogP contribution in [0.5, 0.6) is 5.75 Å². The second-order valence-corrected chi connectivity index (χ2v) is 5.27. The van der Waals surface area contributed by atoms with E-state index >= 15 is 0 Å². The molecular weight excluding hydrogens is 244 g/mol. The zero-order chi connectivity index (χ0) is 12.8. The third-order valence-electron chi connectivity index (χ3n) is 2.70. The highest BCUT2D eigenvalue weighted by atomic mass is 32.1. The minimum absolute atomic E-state index is 0.804. The zero-order valence-corrected chi connectivity index (χ0v) is 11.8. The first-order chi connectivity index (χ1) is 8.83. The maximum absolute atomic E-state index is 5.74. The van der Waals surface area contributed by atoms with Crippen LogP contribution >= 0.6 is 11.3 Å². The summed E-state index contributed by atoms with van der Waals surface area (Å²) in [4.78, 5) is 4.51. The number of benzene rings is 1. The van der Waals surface area contributed by atoms with E-state index in [1.165, 1.54) is 17.5 Å². The fourth-order valence-corrected chi connectivity index (χ4v) is 2.73. The van der Waals surface area contributed by atoms with Crippen molar-refractivity contribution < 1.29 is 4.74 Å². The second kappa shape index (κ2) is 6.59. The first kappa shape index (κ1) is 13.1. The number of anilines is 1. The third kappa shape index (κ3) is 3.35. The first-order valence-electron chi connectivity index (χ1n) is 6.60. The van der Waals surface area contributed by atoms with E-state index in [-0.39, 0.29) is 0 Å². The van der Waals surface area contributed by atoms with Crippen molar-refractivity contribution in [3.8, 4) is 5.75 Å². The SMILES string of the molecule is CCCCCOc1ccc2nc(NCC)sc2c1. The lowest BCUT2D eigenvalue weighted by atomic mass is 10.3. The van der Waals surface area contributed by atoms with Gasteiger partial charge in [0.2, 0.25) is 0 Å². The lowest BCUT2D eigenvalue weighted by Gasteiger charge is -2.04. The molecule has 0 saturated carbocycles. The van der Waals surface area contributed by atoms with Crippen LogP contribution in [0.25, 0.3) is 10.2 Å². The molecule has 0 amide bonds. The molecule has 0 radical (unpaired) electrons. The van der Waals surface area contributed by atoms with Crippen LogP contribution < -0.4 is 10.1 Å². The molecule has 2 aromatic rings. The molecule has 0 aliphatic carbocycles. The molecule has 1 aromatic carbocycles. The molecule has 98 valence electrons. The van der Waals surface area contributed by atoms with Gasteiger partial charge in [0, 0.05) is 6.54 Å². The number of aromatic nitrogens is 1. The summed E-state index contributed by atoms with van der Waals surface area (Å²) in [7, 11) is 0. The van der Waals surface area contributed by atoms with Gasteiger partial charge in [-0.2, -0.15) is 0 Å². The van der Waals surface area contributed by atoms with Crippen molar-refractivity contribution in [1.82, 2.24) is 4.98 Å². The van der Waals surface area contributed by atoms with E-state index in [9.17, 15) is 0 Å². The summed E-state index contributed by atoms with van der Waals surface area (Å²) < 4.78 is 6.92. The molecule has 0 fully saturated rings. The Morgan fingerprint density at radius 2 is 2.17 bits per heavy atom. The Kier molecular flexibility index (Phi) is 4.81. The number of hydrogen-bond acceptors (Lipinski definition) is 4. The van der Waals surface area contributed by atoms with Crippen LogP contribution in [0.2, 0.25) is 0 Å². The van der Waals surface area contributed by atoms with Gasteiger partial charge in [0.25, 0.3) is 0 Å². The molecule has 0 spiro atoms. The maximum atomic E-state index is 5.74. The quantitative estimate of drug-likeness (QED) is 0.757. The summed E-state index contributed by atoms with van der Waals surface area (Å²) in [6.45, 7) is 5.98. The van der Waals surface area contributed by atoms with E-state index in [1.807, 2.05) is 12.1 Å². The number of thiazole rings is 1. The third-order valence-corrected chi connectivity index (χ3v) is 3.68. The van der Waals surface area contributed by atoms with Gasteiger partial charge in [-0.05, 0) is 31.5 Å². The number of rotatable bonds is 7. The van der Waals surface area contributed by atoms with Crippen LogP contribution in [0.1, 0.15) is 33.1 Å². The largest absolute Gasteiger partial charge is 0.494 e. The van der Waals surface area contributed by atoms with Gasteiger partial charge in [-0.15, -0.1) is 0 Å². The molecule has 4 heteroatoms. The summed E-state index contributed by atoms with van der Waals surface area (Å²) in [5.74, 6) is 0.949. The van der Waals surface area contributed by atoms with Gasteiger partial charge in [-0.1, -0.05) is 31.1 Å². The average molecular weight is 264 g/mol. The van der Waals surface area contributed by atoms with Gasteiger partial charge in [-0.3, -0.25) is 0 Å². The number of fused-ring (bicyclic) bond motifs is 1. The Balaban J connectivity index is 2.02. The molecule has 1 aromatic heterocycles. The molecule has 0 atom stereocenters. The van der Waals surface area contributed by atoms with E-state index < -0.39 is 0 Å².